The van der Waals surface area contributed by atoms with Gasteiger partial charge in [-0.25, -0.2) is 4.98 Å². The zero-order chi connectivity index (χ0) is 12.3. The number of nitrogens with one attached hydrogen (secondary N) is 1. The van der Waals surface area contributed by atoms with Crippen LogP contribution in [0.1, 0.15) is 24.6 Å². The van der Waals surface area contributed by atoms with Gasteiger partial charge in [-0.1, -0.05) is 0 Å². The monoisotopic (exact) mass is 230 g/mol. The summed E-state index contributed by atoms with van der Waals surface area (Å²) in [6, 6.07) is 6.40. The Kier molecular flexibility index (Phi) is 3.60. The van der Waals surface area contributed by atoms with Gasteiger partial charge in [-0.15, -0.1) is 0 Å². The van der Waals surface area contributed by atoms with Gasteiger partial charge < -0.3 is 10.2 Å². The molecule has 0 aliphatic carbocycles. The molecule has 2 rings (SSSR count). The third-order valence-electron chi connectivity index (χ3n) is 3.18. The minimum Gasteiger partial charge on any atom is -0.353 e. The van der Waals surface area contributed by atoms with Crippen LogP contribution < -0.4 is 10.2 Å². The van der Waals surface area contributed by atoms with Crippen molar-refractivity contribution in [2.45, 2.75) is 26.3 Å². The molecule has 4 nitrogen and oxygen atoms in total. The van der Waals surface area contributed by atoms with Gasteiger partial charge in [0.05, 0.1) is 11.6 Å². The molecule has 0 aromatic carbocycles. The van der Waals surface area contributed by atoms with Crippen LogP contribution in [0.2, 0.25) is 0 Å². The summed E-state index contributed by atoms with van der Waals surface area (Å²) < 4.78 is 0. The third-order valence-corrected chi connectivity index (χ3v) is 3.18. The lowest BCUT2D eigenvalue weighted by Crippen LogP contribution is -2.37. The topological polar surface area (TPSA) is 52.0 Å². The number of likely N-dealkylation sites (N-methyl/N-ethyl adjacent to an activating group) is 1. The van der Waals surface area contributed by atoms with Crippen LogP contribution in [0, 0.1) is 18.3 Å². The molecule has 0 bridgehead atoms. The van der Waals surface area contributed by atoms with Crippen molar-refractivity contribution in [2.24, 2.45) is 0 Å². The first-order chi connectivity index (χ1) is 8.24. The predicted molar refractivity (Wildman–Crippen MR) is 68.0 cm³/mol. The second-order valence-electron chi connectivity index (χ2n) is 4.40. The van der Waals surface area contributed by atoms with Gasteiger partial charge in [0, 0.05) is 24.8 Å². The Labute approximate surface area is 102 Å². The zero-order valence-corrected chi connectivity index (χ0v) is 10.4. The van der Waals surface area contributed by atoms with Crippen molar-refractivity contribution in [3.63, 3.8) is 0 Å². The lowest BCUT2D eigenvalue weighted by Gasteiger charge is -2.28. The summed E-state index contributed by atoms with van der Waals surface area (Å²) in [6.45, 7) is 7.07. The lowest BCUT2D eigenvalue weighted by molar-refractivity contribution is 0.639. The Bertz CT molecular complexity index is 430. The molecule has 1 N–H and O–H groups in total. The van der Waals surface area contributed by atoms with Crippen LogP contribution in [0.25, 0.3) is 0 Å². The fourth-order valence-electron chi connectivity index (χ4n) is 2.38. The highest BCUT2D eigenvalue weighted by molar-refractivity contribution is 5.47. The highest BCUT2D eigenvalue weighted by Gasteiger charge is 2.22. The molecule has 0 amide bonds. The van der Waals surface area contributed by atoms with E-state index in [4.69, 9.17) is 5.26 Å². The zero-order valence-electron chi connectivity index (χ0n) is 10.4. The predicted octanol–water partition coefficient (Wildman–Crippen LogP) is 1.45. The summed E-state index contributed by atoms with van der Waals surface area (Å²) in [5.74, 6) is 0.928. The van der Waals surface area contributed by atoms with Crippen LogP contribution in [-0.4, -0.2) is 30.7 Å². The van der Waals surface area contributed by atoms with Gasteiger partial charge in [0.15, 0.2) is 0 Å². The SMILES string of the molecule is CCN(c1cc(C#N)cc(C)n1)C1CCNC1. The molecule has 1 aliphatic heterocycles. The second-order valence-corrected chi connectivity index (χ2v) is 4.40. The molecule has 1 aliphatic rings. The van der Waals surface area contributed by atoms with E-state index in [0.717, 1.165) is 37.6 Å². The molecular weight excluding hydrogens is 212 g/mol. The van der Waals surface area contributed by atoms with Crippen LogP contribution in [0.3, 0.4) is 0 Å². The van der Waals surface area contributed by atoms with Crippen LogP contribution in [0.4, 0.5) is 5.82 Å². The smallest absolute Gasteiger partial charge is 0.130 e. The first kappa shape index (κ1) is 11.9. The van der Waals surface area contributed by atoms with Crippen LogP contribution in [0.15, 0.2) is 12.1 Å². The van der Waals surface area contributed by atoms with Crippen LogP contribution in [0.5, 0.6) is 0 Å². The van der Waals surface area contributed by atoms with Gasteiger partial charge in [-0.2, -0.15) is 5.26 Å². The van der Waals surface area contributed by atoms with E-state index in [2.05, 4.69) is 28.2 Å². The number of nitrogens with zero attached hydrogens (tertiary/aromatic N) is 3. The fourth-order valence-corrected chi connectivity index (χ4v) is 2.38. The Morgan fingerprint density at radius 2 is 2.41 bits per heavy atom. The molecular formula is C13H18N4. The summed E-state index contributed by atoms with van der Waals surface area (Å²) in [5, 5.41) is 12.4. The van der Waals surface area contributed by atoms with E-state index in [1.54, 1.807) is 0 Å². The molecule has 0 saturated carbocycles. The van der Waals surface area contributed by atoms with Gasteiger partial charge in [0.25, 0.3) is 0 Å². The number of anilines is 1. The number of hydrogen-bond acceptors (Lipinski definition) is 4. The Hall–Kier alpha value is -1.60. The molecule has 1 aromatic rings. The van der Waals surface area contributed by atoms with E-state index in [-0.39, 0.29) is 0 Å². The molecule has 1 atom stereocenters. The molecule has 90 valence electrons. The highest BCUT2D eigenvalue weighted by atomic mass is 15.2. The molecule has 0 radical (unpaired) electrons. The van der Waals surface area contributed by atoms with Gasteiger partial charge in [0.2, 0.25) is 0 Å². The van der Waals surface area contributed by atoms with Crippen molar-refractivity contribution < 1.29 is 0 Å². The molecule has 1 fully saturated rings. The number of rotatable bonds is 3. The maximum atomic E-state index is 9.00. The normalized spacial score (nSPS) is 19.0. The Morgan fingerprint density at radius 3 is 3.00 bits per heavy atom. The molecule has 1 saturated heterocycles. The summed E-state index contributed by atoms with van der Waals surface area (Å²) in [6.07, 6.45) is 1.14. The molecule has 0 spiro atoms. The van der Waals surface area contributed by atoms with Gasteiger partial charge in [0.1, 0.15) is 5.82 Å². The summed E-state index contributed by atoms with van der Waals surface area (Å²) in [7, 11) is 0. The maximum Gasteiger partial charge on any atom is 0.130 e. The number of pyridine rings is 1. The Morgan fingerprint density at radius 1 is 1.59 bits per heavy atom. The molecule has 1 aromatic heterocycles. The number of hydrogen-bond donors (Lipinski definition) is 1. The van der Waals surface area contributed by atoms with Gasteiger partial charge >= 0.3 is 0 Å². The van der Waals surface area contributed by atoms with E-state index in [9.17, 15) is 0 Å². The van der Waals surface area contributed by atoms with E-state index >= 15 is 0 Å². The average molecular weight is 230 g/mol. The van der Waals surface area contributed by atoms with E-state index in [1.165, 1.54) is 0 Å². The van der Waals surface area contributed by atoms with Gasteiger partial charge in [-0.05, 0) is 38.9 Å². The lowest BCUT2D eigenvalue weighted by atomic mass is 10.2. The van der Waals surface area contributed by atoms with E-state index < -0.39 is 0 Å². The van der Waals surface area contributed by atoms with Crippen molar-refractivity contribution in [1.29, 1.82) is 5.26 Å². The molecule has 17 heavy (non-hydrogen) atoms. The summed E-state index contributed by atoms with van der Waals surface area (Å²) >= 11 is 0. The van der Waals surface area contributed by atoms with Crippen molar-refractivity contribution in [2.75, 3.05) is 24.5 Å². The maximum absolute atomic E-state index is 9.00. The number of nitriles is 1. The minimum absolute atomic E-state index is 0.501. The summed E-state index contributed by atoms with van der Waals surface area (Å²) in [4.78, 5) is 6.83. The number of aryl methyl sites for hydroxylation is 1. The van der Waals surface area contributed by atoms with Crippen molar-refractivity contribution in [1.82, 2.24) is 10.3 Å². The van der Waals surface area contributed by atoms with E-state index in [1.807, 2.05) is 19.1 Å². The van der Waals surface area contributed by atoms with Crippen LogP contribution in [-0.2, 0) is 0 Å². The highest BCUT2D eigenvalue weighted by Crippen LogP contribution is 2.19. The largest absolute Gasteiger partial charge is 0.353 e. The molecule has 1 unspecified atom stereocenters. The minimum atomic E-state index is 0.501. The summed E-state index contributed by atoms with van der Waals surface area (Å²) in [5.41, 5.74) is 1.60. The number of aromatic nitrogens is 1. The van der Waals surface area contributed by atoms with Gasteiger partial charge in [-0.3, -0.25) is 0 Å². The molecule has 2 heterocycles. The fraction of sp³-hybridized carbons (Fsp3) is 0.538. The van der Waals surface area contributed by atoms with Crippen molar-refractivity contribution in [3.05, 3.63) is 23.4 Å². The average Bonchev–Trinajstić information content (AvgIpc) is 2.83. The first-order valence-corrected chi connectivity index (χ1v) is 6.10. The first-order valence-electron chi connectivity index (χ1n) is 6.10. The van der Waals surface area contributed by atoms with Crippen LogP contribution >= 0.6 is 0 Å². The van der Waals surface area contributed by atoms with Crippen molar-refractivity contribution >= 4 is 5.82 Å². The van der Waals surface area contributed by atoms with E-state index in [0.29, 0.717) is 11.6 Å². The third kappa shape index (κ3) is 2.56. The second kappa shape index (κ2) is 5.15. The molecule has 4 heteroatoms. The quantitative estimate of drug-likeness (QED) is 0.854. The van der Waals surface area contributed by atoms with Crippen molar-refractivity contribution in [3.8, 4) is 6.07 Å². The Balaban J connectivity index is 2.30. The standard InChI is InChI=1S/C13H18N4/c1-3-17(12-4-5-15-9-12)13-7-11(8-14)6-10(2)16-13/h6-7,12,15H,3-5,9H2,1-2H3.